The van der Waals surface area contributed by atoms with Crippen molar-refractivity contribution in [2.24, 2.45) is 11.8 Å². The summed E-state index contributed by atoms with van der Waals surface area (Å²) >= 11 is 0. The van der Waals surface area contributed by atoms with Gasteiger partial charge in [-0.15, -0.1) is 0 Å². The Labute approximate surface area is 231 Å². The Bertz CT molecular complexity index is 1270. The van der Waals surface area contributed by atoms with Gasteiger partial charge in [-0.3, -0.25) is 0 Å². The SMILES string of the molecule is CCCC1CCC(C(F)C(F)COc2ccc(-c3ccc(-c4ccc(OCC)c(F)c4F)cc3)c(F)c2F)CC1. The molecule has 1 saturated carbocycles. The first-order valence-electron chi connectivity index (χ1n) is 13.9. The van der Waals surface area contributed by atoms with Crippen LogP contribution in [0.25, 0.3) is 22.3 Å². The molecule has 0 aliphatic heterocycles. The van der Waals surface area contributed by atoms with Crippen molar-refractivity contribution in [3.63, 3.8) is 0 Å². The van der Waals surface area contributed by atoms with E-state index in [0.29, 0.717) is 24.3 Å². The Morgan fingerprint density at radius 1 is 0.675 bits per heavy atom. The van der Waals surface area contributed by atoms with Gasteiger partial charge < -0.3 is 9.47 Å². The average molecular weight is 565 g/mol. The molecule has 0 amide bonds. The monoisotopic (exact) mass is 564 g/mol. The number of hydrogen-bond donors (Lipinski definition) is 0. The average Bonchev–Trinajstić information content (AvgIpc) is 2.97. The maximum atomic E-state index is 14.9. The maximum Gasteiger partial charge on any atom is 0.201 e. The fraction of sp³-hybridized carbons (Fsp3) is 0.438. The molecule has 0 aromatic heterocycles. The Morgan fingerprint density at radius 3 is 1.65 bits per heavy atom. The first-order chi connectivity index (χ1) is 19.2. The van der Waals surface area contributed by atoms with Crippen LogP contribution in [0.3, 0.4) is 0 Å². The van der Waals surface area contributed by atoms with Gasteiger partial charge >= 0.3 is 0 Å². The molecule has 0 N–H and O–H groups in total. The summed E-state index contributed by atoms with van der Waals surface area (Å²) in [6.07, 6.45) is 1.48. The molecule has 0 heterocycles. The van der Waals surface area contributed by atoms with Crippen molar-refractivity contribution in [2.75, 3.05) is 13.2 Å². The van der Waals surface area contributed by atoms with Crippen molar-refractivity contribution in [1.82, 2.24) is 0 Å². The van der Waals surface area contributed by atoms with Crippen LogP contribution >= 0.6 is 0 Å². The third-order valence-corrected chi connectivity index (χ3v) is 7.68. The van der Waals surface area contributed by atoms with E-state index in [9.17, 15) is 26.3 Å². The van der Waals surface area contributed by atoms with E-state index in [4.69, 9.17) is 9.47 Å². The van der Waals surface area contributed by atoms with Crippen molar-refractivity contribution in [1.29, 1.82) is 0 Å². The summed E-state index contributed by atoms with van der Waals surface area (Å²) in [5, 5.41) is 0. The van der Waals surface area contributed by atoms with Crippen LogP contribution in [-0.4, -0.2) is 25.6 Å². The zero-order valence-corrected chi connectivity index (χ0v) is 22.7. The van der Waals surface area contributed by atoms with Crippen LogP contribution in [0.1, 0.15) is 52.4 Å². The summed E-state index contributed by atoms with van der Waals surface area (Å²) < 4.78 is 98.1. The topological polar surface area (TPSA) is 18.5 Å². The minimum Gasteiger partial charge on any atom is -0.491 e. The van der Waals surface area contributed by atoms with Crippen LogP contribution in [0.15, 0.2) is 48.5 Å². The smallest absolute Gasteiger partial charge is 0.201 e. The molecule has 3 aromatic carbocycles. The van der Waals surface area contributed by atoms with Crippen LogP contribution in [0.5, 0.6) is 11.5 Å². The summed E-state index contributed by atoms with van der Waals surface area (Å²) in [7, 11) is 0. The molecule has 3 aromatic rings. The molecule has 1 aliphatic carbocycles. The van der Waals surface area contributed by atoms with E-state index in [1.807, 2.05) is 0 Å². The van der Waals surface area contributed by atoms with E-state index < -0.39 is 53.9 Å². The molecular formula is C32H34F6O2. The molecule has 2 unspecified atom stereocenters. The number of alkyl halides is 2. The summed E-state index contributed by atoms with van der Waals surface area (Å²) in [6.45, 7) is 3.23. The van der Waals surface area contributed by atoms with Gasteiger partial charge in [0.2, 0.25) is 11.6 Å². The number of hydrogen-bond acceptors (Lipinski definition) is 2. The largest absolute Gasteiger partial charge is 0.491 e. The Kier molecular flexibility index (Phi) is 10.0. The predicted molar refractivity (Wildman–Crippen MR) is 144 cm³/mol. The standard InChI is InChI=1S/C32H34F6O2/c1-3-5-19-6-8-22(9-7-19)28(34)25(33)18-40-27-17-15-24(30(36)32(27)38)21-12-10-20(11-13-21)23-14-16-26(39-4-2)31(37)29(23)35/h10-17,19,22,25,28H,3-9,18H2,1-2H3. The first-order valence-corrected chi connectivity index (χ1v) is 13.9. The maximum absolute atomic E-state index is 14.9. The Balaban J connectivity index is 1.41. The second-order valence-corrected chi connectivity index (χ2v) is 10.3. The van der Waals surface area contributed by atoms with Gasteiger partial charge in [0.25, 0.3) is 0 Å². The third kappa shape index (κ3) is 6.58. The summed E-state index contributed by atoms with van der Waals surface area (Å²) in [5.41, 5.74) is 0.504. The van der Waals surface area contributed by atoms with Gasteiger partial charge in [-0.1, -0.05) is 56.9 Å². The molecule has 216 valence electrons. The van der Waals surface area contributed by atoms with Gasteiger partial charge in [0.05, 0.1) is 6.61 Å². The van der Waals surface area contributed by atoms with Crippen LogP contribution in [0.4, 0.5) is 26.3 Å². The van der Waals surface area contributed by atoms with Crippen LogP contribution in [0, 0.1) is 35.1 Å². The summed E-state index contributed by atoms with van der Waals surface area (Å²) in [4.78, 5) is 0. The second kappa shape index (κ2) is 13.5. The molecule has 40 heavy (non-hydrogen) atoms. The molecule has 0 spiro atoms. The van der Waals surface area contributed by atoms with Gasteiger partial charge in [-0.2, -0.15) is 8.78 Å². The van der Waals surface area contributed by atoms with Crippen LogP contribution < -0.4 is 9.47 Å². The van der Waals surface area contributed by atoms with Crippen molar-refractivity contribution in [3.8, 4) is 33.8 Å². The van der Waals surface area contributed by atoms with E-state index in [2.05, 4.69) is 6.92 Å². The summed E-state index contributed by atoms with van der Waals surface area (Å²) in [5.74, 6) is -5.27. The first kappa shape index (κ1) is 29.8. The lowest BCUT2D eigenvalue weighted by Crippen LogP contribution is -2.33. The molecule has 1 aliphatic rings. The molecule has 2 atom stereocenters. The van der Waals surface area contributed by atoms with Gasteiger partial charge in [0, 0.05) is 11.1 Å². The molecular weight excluding hydrogens is 530 g/mol. The molecule has 2 nitrogen and oxygen atoms in total. The van der Waals surface area contributed by atoms with Crippen molar-refractivity contribution in [3.05, 3.63) is 71.8 Å². The van der Waals surface area contributed by atoms with Crippen molar-refractivity contribution >= 4 is 0 Å². The van der Waals surface area contributed by atoms with Gasteiger partial charge in [-0.05, 0) is 67.0 Å². The third-order valence-electron chi connectivity index (χ3n) is 7.68. The van der Waals surface area contributed by atoms with E-state index in [0.717, 1.165) is 25.7 Å². The van der Waals surface area contributed by atoms with Gasteiger partial charge in [0.15, 0.2) is 29.3 Å². The van der Waals surface area contributed by atoms with Crippen LogP contribution in [0.2, 0.25) is 0 Å². The number of rotatable bonds is 11. The molecule has 8 heteroatoms. The molecule has 0 bridgehead atoms. The van der Waals surface area contributed by atoms with E-state index in [1.54, 1.807) is 6.92 Å². The van der Waals surface area contributed by atoms with E-state index in [-0.39, 0.29) is 29.0 Å². The van der Waals surface area contributed by atoms with E-state index >= 15 is 0 Å². The van der Waals surface area contributed by atoms with Gasteiger partial charge in [-0.25, -0.2) is 17.6 Å². The lowest BCUT2D eigenvalue weighted by Gasteiger charge is -2.31. The van der Waals surface area contributed by atoms with Crippen molar-refractivity contribution < 1.29 is 35.8 Å². The highest BCUT2D eigenvalue weighted by atomic mass is 19.2. The number of halogens is 6. The Morgan fingerprint density at radius 2 is 1.18 bits per heavy atom. The fourth-order valence-electron chi connectivity index (χ4n) is 5.48. The highest BCUT2D eigenvalue weighted by molar-refractivity contribution is 5.72. The molecule has 4 rings (SSSR count). The minimum absolute atomic E-state index is 0.0103. The quantitative estimate of drug-likeness (QED) is 0.216. The molecule has 0 saturated heterocycles. The lowest BCUT2D eigenvalue weighted by molar-refractivity contribution is 0.0480. The predicted octanol–water partition coefficient (Wildman–Crippen LogP) is 9.64. The normalized spacial score (nSPS) is 18.8. The Hall–Kier alpha value is -3.16. The fourth-order valence-corrected chi connectivity index (χ4v) is 5.48. The van der Waals surface area contributed by atoms with Crippen LogP contribution in [-0.2, 0) is 0 Å². The van der Waals surface area contributed by atoms with Gasteiger partial charge in [0.1, 0.15) is 12.8 Å². The second-order valence-electron chi connectivity index (χ2n) is 10.3. The molecule has 0 radical (unpaired) electrons. The molecule has 1 fully saturated rings. The minimum atomic E-state index is -1.95. The summed E-state index contributed by atoms with van der Waals surface area (Å²) in [6, 6.07) is 10.9. The number of benzene rings is 3. The zero-order valence-electron chi connectivity index (χ0n) is 22.7. The highest BCUT2D eigenvalue weighted by Crippen LogP contribution is 2.37. The van der Waals surface area contributed by atoms with Crippen molar-refractivity contribution in [2.45, 2.75) is 64.7 Å². The lowest BCUT2D eigenvalue weighted by atomic mass is 9.77. The number of ether oxygens (including phenoxy) is 2. The van der Waals surface area contributed by atoms with E-state index in [1.165, 1.54) is 48.5 Å². The zero-order chi connectivity index (χ0) is 28.8. The highest BCUT2D eigenvalue weighted by Gasteiger charge is 2.33.